The highest BCUT2D eigenvalue weighted by Crippen LogP contribution is 2.36. The summed E-state index contributed by atoms with van der Waals surface area (Å²) in [6.07, 6.45) is 2.75. The first-order chi connectivity index (χ1) is 17.9. The maximum absolute atomic E-state index is 12.9. The molecule has 8 nitrogen and oxygen atoms in total. The Hall–Kier alpha value is -4.59. The number of hydrogen-bond donors (Lipinski definition) is 1. The number of nitrogens with zero attached hydrogens (tertiary/aromatic N) is 3. The fourth-order valence-corrected chi connectivity index (χ4v) is 4.59. The number of benzene rings is 3. The van der Waals surface area contributed by atoms with Crippen molar-refractivity contribution in [2.24, 2.45) is 7.05 Å². The fourth-order valence-electron chi connectivity index (χ4n) is 4.59. The predicted molar refractivity (Wildman–Crippen MR) is 137 cm³/mol. The summed E-state index contributed by atoms with van der Waals surface area (Å²) in [4.78, 5) is 30.3. The number of carboxylic acid groups (broad SMARTS) is 1. The SMILES string of the molecule is C[C@H]1[C@@H](c2ccccc2)OC(=O)N1Cc1cc(-c2nccn2C)ccc1Oc1cccc(CC(=O)O)c1. The molecule has 1 aromatic heterocycles. The van der Waals surface area contributed by atoms with Gasteiger partial charge in [0.15, 0.2) is 0 Å². The van der Waals surface area contributed by atoms with E-state index in [4.69, 9.17) is 14.6 Å². The lowest BCUT2D eigenvalue weighted by Crippen LogP contribution is -2.31. The number of ether oxygens (including phenoxy) is 2. The molecule has 2 heterocycles. The zero-order chi connectivity index (χ0) is 25.9. The van der Waals surface area contributed by atoms with Crippen molar-refractivity contribution >= 4 is 12.1 Å². The van der Waals surface area contributed by atoms with Crippen molar-refractivity contribution in [1.82, 2.24) is 14.5 Å². The molecule has 0 spiro atoms. The summed E-state index contributed by atoms with van der Waals surface area (Å²) in [6, 6.07) is 22.2. The number of imidazole rings is 1. The van der Waals surface area contributed by atoms with Crippen LogP contribution in [0.5, 0.6) is 11.5 Å². The molecule has 0 radical (unpaired) electrons. The van der Waals surface area contributed by atoms with E-state index < -0.39 is 12.1 Å². The molecule has 0 aliphatic carbocycles. The zero-order valence-corrected chi connectivity index (χ0v) is 20.6. The Balaban J connectivity index is 1.47. The third-order valence-electron chi connectivity index (χ3n) is 6.48. The van der Waals surface area contributed by atoms with Gasteiger partial charge in [-0.05, 0) is 48.4 Å². The van der Waals surface area contributed by atoms with E-state index in [1.165, 1.54) is 0 Å². The number of aryl methyl sites for hydroxylation is 1. The maximum Gasteiger partial charge on any atom is 0.411 e. The molecule has 1 aliphatic heterocycles. The number of aliphatic carboxylic acids is 1. The van der Waals surface area contributed by atoms with Crippen LogP contribution < -0.4 is 4.74 Å². The number of amides is 1. The summed E-state index contributed by atoms with van der Waals surface area (Å²) in [5.41, 5.74) is 3.24. The normalized spacial score (nSPS) is 17.0. The molecule has 2 atom stereocenters. The van der Waals surface area contributed by atoms with Gasteiger partial charge >= 0.3 is 12.1 Å². The molecule has 5 rings (SSSR count). The number of hydrogen-bond acceptors (Lipinski definition) is 5. The first-order valence-electron chi connectivity index (χ1n) is 12.0. The minimum Gasteiger partial charge on any atom is -0.481 e. The lowest BCUT2D eigenvalue weighted by molar-refractivity contribution is -0.136. The lowest BCUT2D eigenvalue weighted by Gasteiger charge is -2.23. The van der Waals surface area contributed by atoms with Crippen molar-refractivity contribution < 1.29 is 24.2 Å². The number of carbonyl (C=O) groups is 2. The number of rotatable bonds is 8. The van der Waals surface area contributed by atoms with Gasteiger partial charge in [-0.3, -0.25) is 9.69 Å². The molecule has 37 heavy (non-hydrogen) atoms. The van der Waals surface area contributed by atoms with Crippen LogP contribution in [0.4, 0.5) is 4.79 Å². The van der Waals surface area contributed by atoms with E-state index in [-0.39, 0.29) is 25.1 Å². The molecular weight excluding hydrogens is 470 g/mol. The van der Waals surface area contributed by atoms with Crippen LogP contribution in [-0.2, 0) is 29.5 Å². The molecule has 1 aliphatic rings. The largest absolute Gasteiger partial charge is 0.481 e. The Morgan fingerprint density at radius 1 is 1.08 bits per heavy atom. The van der Waals surface area contributed by atoms with Crippen LogP contribution in [0.1, 0.15) is 29.7 Å². The predicted octanol–water partition coefficient (Wildman–Crippen LogP) is 5.59. The zero-order valence-electron chi connectivity index (χ0n) is 20.6. The van der Waals surface area contributed by atoms with Gasteiger partial charge in [-0.2, -0.15) is 0 Å². The van der Waals surface area contributed by atoms with Gasteiger partial charge in [0.05, 0.1) is 19.0 Å². The quantitative estimate of drug-likeness (QED) is 0.341. The molecular formula is C29H27N3O5. The molecule has 1 fully saturated rings. The van der Waals surface area contributed by atoms with Gasteiger partial charge in [0.25, 0.3) is 0 Å². The second-order valence-corrected chi connectivity index (χ2v) is 9.09. The van der Waals surface area contributed by atoms with E-state index in [1.54, 1.807) is 35.4 Å². The van der Waals surface area contributed by atoms with Crippen LogP contribution in [0.25, 0.3) is 11.4 Å². The maximum atomic E-state index is 12.9. The average Bonchev–Trinajstić information content (AvgIpc) is 3.43. The highest BCUT2D eigenvalue weighted by Gasteiger charge is 2.40. The van der Waals surface area contributed by atoms with Crippen molar-refractivity contribution in [2.75, 3.05) is 0 Å². The van der Waals surface area contributed by atoms with E-state index in [2.05, 4.69) is 4.98 Å². The Morgan fingerprint density at radius 2 is 1.89 bits per heavy atom. The van der Waals surface area contributed by atoms with E-state index in [0.29, 0.717) is 17.1 Å². The molecule has 4 aromatic rings. The molecule has 0 saturated carbocycles. The molecule has 1 amide bonds. The minimum atomic E-state index is -0.910. The summed E-state index contributed by atoms with van der Waals surface area (Å²) >= 11 is 0. The van der Waals surface area contributed by atoms with Crippen molar-refractivity contribution in [3.05, 3.63) is 102 Å². The van der Waals surface area contributed by atoms with Crippen molar-refractivity contribution in [3.8, 4) is 22.9 Å². The molecule has 3 aromatic carbocycles. The molecule has 0 unspecified atom stereocenters. The van der Waals surface area contributed by atoms with Gasteiger partial charge in [0, 0.05) is 30.6 Å². The van der Waals surface area contributed by atoms with Crippen LogP contribution in [0.2, 0.25) is 0 Å². The summed E-state index contributed by atoms with van der Waals surface area (Å²) in [5.74, 6) is 0.958. The Bertz CT molecular complexity index is 1430. The second kappa shape index (κ2) is 10.2. The fraction of sp³-hybridized carbons (Fsp3) is 0.207. The Morgan fingerprint density at radius 3 is 2.62 bits per heavy atom. The highest BCUT2D eigenvalue weighted by molar-refractivity contribution is 5.72. The molecule has 8 heteroatoms. The second-order valence-electron chi connectivity index (χ2n) is 9.09. The van der Waals surface area contributed by atoms with E-state index >= 15 is 0 Å². The van der Waals surface area contributed by atoms with Crippen molar-refractivity contribution in [2.45, 2.75) is 32.0 Å². The summed E-state index contributed by atoms with van der Waals surface area (Å²) in [6.45, 7) is 2.24. The van der Waals surface area contributed by atoms with Crippen molar-refractivity contribution in [1.29, 1.82) is 0 Å². The molecule has 188 valence electrons. The van der Waals surface area contributed by atoms with E-state index in [1.807, 2.05) is 73.3 Å². The molecule has 1 N–H and O–H groups in total. The smallest absolute Gasteiger partial charge is 0.411 e. The minimum absolute atomic E-state index is 0.0971. The Kier molecular flexibility index (Phi) is 6.64. The first kappa shape index (κ1) is 24.1. The first-order valence-corrected chi connectivity index (χ1v) is 12.0. The summed E-state index contributed by atoms with van der Waals surface area (Å²) in [5, 5.41) is 9.15. The van der Waals surface area contributed by atoms with E-state index in [0.717, 1.165) is 22.5 Å². The number of aromatic nitrogens is 2. The summed E-state index contributed by atoms with van der Waals surface area (Å²) < 4.78 is 13.9. The number of cyclic esters (lactones) is 1. The van der Waals surface area contributed by atoms with Gasteiger partial charge in [-0.15, -0.1) is 0 Å². The van der Waals surface area contributed by atoms with Crippen LogP contribution in [0.15, 0.2) is 85.2 Å². The molecule has 1 saturated heterocycles. The van der Waals surface area contributed by atoms with Gasteiger partial charge in [0.1, 0.15) is 23.4 Å². The summed E-state index contributed by atoms with van der Waals surface area (Å²) in [7, 11) is 1.92. The van der Waals surface area contributed by atoms with Crippen LogP contribution in [0.3, 0.4) is 0 Å². The van der Waals surface area contributed by atoms with Gasteiger partial charge < -0.3 is 19.1 Å². The topological polar surface area (TPSA) is 93.9 Å². The molecule has 0 bridgehead atoms. The van der Waals surface area contributed by atoms with Gasteiger partial charge in [0.2, 0.25) is 0 Å². The number of carbonyl (C=O) groups excluding carboxylic acids is 1. The monoisotopic (exact) mass is 497 g/mol. The Labute approximate surface area is 214 Å². The van der Waals surface area contributed by atoms with Crippen LogP contribution in [0, 0.1) is 0 Å². The van der Waals surface area contributed by atoms with Crippen molar-refractivity contribution in [3.63, 3.8) is 0 Å². The lowest BCUT2D eigenvalue weighted by atomic mass is 10.0. The third-order valence-corrected chi connectivity index (χ3v) is 6.48. The standard InChI is InChI=1S/C29H27N3O5/c1-19-27(21-8-4-3-5-9-21)37-29(35)32(19)18-23-17-22(28-30-13-14-31(28)2)11-12-25(23)36-24-10-6-7-20(15-24)16-26(33)34/h3-15,17,19,27H,16,18H2,1-2H3,(H,33,34)/t19-,27-/m0/s1. The average molecular weight is 498 g/mol. The van der Waals surface area contributed by atoms with Gasteiger partial charge in [-0.25, -0.2) is 9.78 Å². The highest BCUT2D eigenvalue weighted by atomic mass is 16.6. The number of carboxylic acids is 1. The third kappa shape index (κ3) is 5.18. The van der Waals surface area contributed by atoms with Gasteiger partial charge in [-0.1, -0.05) is 42.5 Å². The van der Waals surface area contributed by atoms with Crippen LogP contribution >= 0.6 is 0 Å². The van der Waals surface area contributed by atoms with E-state index in [9.17, 15) is 9.59 Å². The van der Waals surface area contributed by atoms with Crippen LogP contribution in [-0.4, -0.2) is 37.7 Å².